The number of halogens is 1. The summed E-state index contributed by atoms with van der Waals surface area (Å²) in [6.07, 6.45) is 1.83. The Morgan fingerprint density at radius 1 is 1.45 bits per heavy atom. The summed E-state index contributed by atoms with van der Waals surface area (Å²) in [5, 5.41) is 7.58. The molecule has 0 amide bonds. The van der Waals surface area contributed by atoms with Gasteiger partial charge in [0.1, 0.15) is 16.3 Å². The molecule has 106 valence electrons. The van der Waals surface area contributed by atoms with E-state index in [1.807, 2.05) is 23.2 Å². The van der Waals surface area contributed by atoms with Crippen LogP contribution in [0.4, 0.5) is 0 Å². The van der Waals surface area contributed by atoms with E-state index in [1.54, 1.807) is 11.3 Å². The first kappa shape index (κ1) is 13.6. The third kappa shape index (κ3) is 1.94. The van der Waals surface area contributed by atoms with E-state index in [2.05, 4.69) is 33.5 Å². The van der Waals surface area contributed by atoms with Crippen LogP contribution in [-0.4, -0.2) is 24.3 Å². The number of fused-ring (bicyclic) bond motifs is 1. The zero-order valence-electron chi connectivity index (χ0n) is 11.7. The predicted molar refractivity (Wildman–Crippen MR) is 81.4 cm³/mol. The fourth-order valence-corrected chi connectivity index (χ4v) is 3.38. The maximum Gasteiger partial charge on any atom is 0.159 e. The van der Waals surface area contributed by atoms with Crippen molar-refractivity contribution in [3.63, 3.8) is 0 Å². The molecule has 0 aliphatic carbocycles. The lowest BCUT2D eigenvalue weighted by Crippen LogP contribution is -2.13. The SMILES string of the molecule is CCn1nc(C)c2nc(CCl)n(C(C)c3nccs3)c21. The Bertz CT molecular complexity index is 728. The van der Waals surface area contributed by atoms with Crippen molar-refractivity contribution in [2.45, 2.75) is 39.2 Å². The van der Waals surface area contributed by atoms with Crippen molar-refractivity contribution in [3.8, 4) is 0 Å². The van der Waals surface area contributed by atoms with Crippen LogP contribution in [0.1, 0.15) is 36.4 Å². The minimum absolute atomic E-state index is 0.107. The van der Waals surface area contributed by atoms with Gasteiger partial charge in [-0.3, -0.25) is 0 Å². The van der Waals surface area contributed by atoms with Gasteiger partial charge in [0.25, 0.3) is 0 Å². The molecule has 0 radical (unpaired) electrons. The molecule has 1 atom stereocenters. The Labute approximate surface area is 126 Å². The number of thiazole rings is 1. The van der Waals surface area contributed by atoms with Crippen LogP contribution in [-0.2, 0) is 12.4 Å². The van der Waals surface area contributed by atoms with E-state index in [9.17, 15) is 0 Å². The maximum atomic E-state index is 6.08. The molecule has 0 saturated heterocycles. The molecule has 3 aromatic rings. The van der Waals surface area contributed by atoms with Crippen molar-refractivity contribution < 1.29 is 0 Å². The summed E-state index contributed by atoms with van der Waals surface area (Å²) in [6.45, 7) is 7.00. The lowest BCUT2D eigenvalue weighted by Gasteiger charge is -2.15. The van der Waals surface area contributed by atoms with E-state index in [1.165, 1.54) is 0 Å². The van der Waals surface area contributed by atoms with Gasteiger partial charge < -0.3 is 4.57 Å². The van der Waals surface area contributed by atoms with Gasteiger partial charge in [0.05, 0.1) is 17.6 Å². The van der Waals surface area contributed by atoms with E-state index in [4.69, 9.17) is 11.6 Å². The second-order valence-electron chi connectivity index (χ2n) is 4.65. The lowest BCUT2D eigenvalue weighted by molar-refractivity contribution is 0.585. The molecule has 5 nitrogen and oxygen atoms in total. The van der Waals surface area contributed by atoms with Gasteiger partial charge in [-0.15, -0.1) is 22.9 Å². The summed E-state index contributed by atoms with van der Waals surface area (Å²) >= 11 is 7.73. The molecule has 0 spiro atoms. The van der Waals surface area contributed by atoms with Gasteiger partial charge in [0.2, 0.25) is 0 Å². The molecule has 0 bridgehead atoms. The molecule has 0 N–H and O–H groups in total. The van der Waals surface area contributed by atoms with Crippen LogP contribution in [0.25, 0.3) is 11.2 Å². The van der Waals surface area contributed by atoms with Gasteiger partial charge in [0, 0.05) is 18.1 Å². The predicted octanol–water partition coefficient (Wildman–Crippen LogP) is 3.37. The molecule has 0 fully saturated rings. The summed E-state index contributed by atoms with van der Waals surface area (Å²) in [4.78, 5) is 9.07. The average molecular weight is 310 g/mol. The first-order valence-electron chi connectivity index (χ1n) is 6.56. The van der Waals surface area contributed by atoms with Gasteiger partial charge in [-0.1, -0.05) is 0 Å². The Kier molecular flexibility index (Phi) is 3.52. The van der Waals surface area contributed by atoms with E-state index >= 15 is 0 Å². The van der Waals surface area contributed by atoms with Crippen LogP contribution in [0.3, 0.4) is 0 Å². The monoisotopic (exact) mass is 309 g/mol. The zero-order chi connectivity index (χ0) is 14.3. The lowest BCUT2D eigenvalue weighted by atomic mass is 10.3. The molecule has 3 aromatic heterocycles. The minimum atomic E-state index is 0.107. The largest absolute Gasteiger partial charge is 0.302 e. The Morgan fingerprint density at radius 2 is 2.25 bits per heavy atom. The van der Waals surface area contributed by atoms with Crippen LogP contribution < -0.4 is 0 Å². The molecule has 0 saturated carbocycles. The number of alkyl halides is 1. The highest BCUT2D eigenvalue weighted by Crippen LogP contribution is 2.29. The molecule has 7 heteroatoms. The summed E-state index contributed by atoms with van der Waals surface area (Å²) in [7, 11) is 0. The van der Waals surface area contributed by atoms with Crippen LogP contribution in [0.2, 0.25) is 0 Å². The molecular formula is C13H16ClN5S. The first-order valence-corrected chi connectivity index (χ1v) is 7.98. The third-order valence-corrected chi connectivity index (χ3v) is 4.62. The number of hydrogen-bond acceptors (Lipinski definition) is 4. The molecular weight excluding hydrogens is 294 g/mol. The second kappa shape index (κ2) is 5.18. The highest BCUT2D eigenvalue weighted by Gasteiger charge is 2.23. The van der Waals surface area contributed by atoms with Crippen molar-refractivity contribution in [2.75, 3.05) is 0 Å². The fourth-order valence-electron chi connectivity index (χ4n) is 2.51. The van der Waals surface area contributed by atoms with Crippen molar-refractivity contribution in [1.82, 2.24) is 24.3 Å². The van der Waals surface area contributed by atoms with Gasteiger partial charge in [-0.2, -0.15) is 5.10 Å². The van der Waals surface area contributed by atoms with Crippen molar-refractivity contribution >= 4 is 34.1 Å². The number of rotatable bonds is 4. The normalized spacial score (nSPS) is 13.2. The number of imidazole rings is 1. The molecule has 20 heavy (non-hydrogen) atoms. The van der Waals surface area contributed by atoms with Crippen molar-refractivity contribution in [1.29, 1.82) is 0 Å². The van der Waals surface area contributed by atoms with Crippen LogP contribution >= 0.6 is 22.9 Å². The smallest absolute Gasteiger partial charge is 0.159 e. The molecule has 0 aliphatic rings. The third-order valence-electron chi connectivity index (χ3n) is 3.43. The highest BCUT2D eigenvalue weighted by molar-refractivity contribution is 7.09. The molecule has 1 unspecified atom stereocenters. The fraction of sp³-hybridized carbons (Fsp3) is 0.462. The minimum Gasteiger partial charge on any atom is -0.302 e. The topological polar surface area (TPSA) is 48.5 Å². The van der Waals surface area contributed by atoms with Gasteiger partial charge in [0.15, 0.2) is 5.65 Å². The number of nitrogens with zero attached hydrogens (tertiary/aromatic N) is 5. The number of aryl methyl sites for hydroxylation is 2. The molecule has 3 heterocycles. The number of aromatic nitrogens is 5. The van der Waals surface area contributed by atoms with Crippen LogP contribution in [0, 0.1) is 6.92 Å². The maximum absolute atomic E-state index is 6.08. The van der Waals surface area contributed by atoms with E-state index < -0.39 is 0 Å². The Balaban J connectivity index is 2.26. The summed E-state index contributed by atoms with van der Waals surface area (Å²) in [5.41, 5.74) is 2.91. The van der Waals surface area contributed by atoms with Crippen LogP contribution in [0.15, 0.2) is 11.6 Å². The first-order chi connectivity index (χ1) is 9.67. The standard InChI is InChI=1S/C13H16ClN5S/c1-4-18-13-11(8(2)17-18)16-10(7-14)19(13)9(3)12-15-5-6-20-12/h5-6,9H,4,7H2,1-3H3. The number of hydrogen-bond donors (Lipinski definition) is 0. The summed E-state index contributed by atoms with van der Waals surface area (Å²) in [6, 6.07) is 0.107. The average Bonchev–Trinajstić information content (AvgIpc) is 3.14. The molecule has 0 aromatic carbocycles. The van der Waals surface area contributed by atoms with Crippen molar-refractivity contribution in [2.24, 2.45) is 0 Å². The Hall–Kier alpha value is -1.40. The Morgan fingerprint density at radius 3 is 2.85 bits per heavy atom. The van der Waals surface area contributed by atoms with E-state index in [0.29, 0.717) is 5.88 Å². The van der Waals surface area contributed by atoms with Crippen LogP contribution in [0.5, 0.6) is 0 Å². The molecule has 0 aliphatic heterocycles. The van der Waals surface area contributed by atoms with Gasteiger partial charge in [-0.25, -0.2) is 14.6 Å². The molecule has 3 rings (SSSR count). The highest BCUT2D eigenvalue weighted by atomic mass is 35.5. The summed E-state index contributed by atoms with van der Waals surface area (Å²) in [5.74, 6) is 1.25. The quantitative estimate of drug-likeness (QED) is 0.694. The second-order valence-corrected chi connectivity index (χ2v) is 5.84. The van der Waals surface area contributed by atoms with Gasteiger partial charge in [-0.05, 0) is 20.8 Å². The van der Waals surface area contributed by atoms with Crippen molar-refractivity contribution in [3.05, 3.63) is 28.1 Å². The van der Waals surface area contributed by atoms with Gasteiger partial charge >= 0.3 is 0 Å². The zero-order valence-corrected chi connectivity index (χ0v) is 13.2. The van der Waals surface area contributed by atoms with E-state index in [-0.39, 0.29) is 6.04 Å². The summed E-state index contributed by atoms with van der Waals surface area (Å²) < 4.78 is 4.14. The van der Waals surface area contributed by atoms with E-state index in [0.717, 1.165) is 34.2 Å².